The zero-order valence-electron chi connectivity index (χ0n) is 17.2. The van der Waals surface area contributed by atoms with Crippen molar-refractivity contribution in [2.75, 3.05) is 0 Å². The lowest BCUT2D eigenvalue weighted by Crippen LogP contribution is -1.97. The van der Waals surface area contributed by atoms with Gasteiger partial charge in [0.05, 0.1) is 0 Å². The van der Waals surface area contributed by atoms with Crippen LogP contribution in [0.25, 0.3) is 5.76 Å². The third kappa shape index (κ3) is 7.91. The summed E-state index contributed by atoms with van der Waals surface area (Å²) in [6.45, 7) is 11.8. The fourth-order valence-electron chi connectivity index (χ4n) is 2.74. The van der Waals surface area contributed by atoms with Crippen LogP contribution >= 0.6 is 0 Å². The molecule has 1 aliphatic carbocycles. The number of hydrogen-bond donors (Lipinski definition) is 2. The minimum atomic E-state index is 0. The second kappa shape index (κ2) is 11.9. The van der Waals surface area contributed by atoms with Gasteiger partial charge in [0.15, 0.2) is 0 Å². The van der Waals surface area contributed by atoms with Crippen LogP contribution in [0.4, 0.5) is 0 Å². The minimum Gasteiger partial charge on any atom is -0.457 e. The van der Waals surface area contributed by atoms with Gasteiger partial charge in [0.25, 0.3) is 0 Å². The summed E-state index contributed by atoms with van der Waals surface area (Å²) < 4.78 is 5.99. The predicted octanol–water partition coefficient (Wildman–Crippen LogP) is 5.80. The Hall–Kier alpha value is -2.69. The van der Waals surface area contributed by atoms with Gasteiger partial charge in [-0.05, 0) is 56.9 Å². The van der Waals surface area contributed by atoms with E-state index < -0.39 is 0 Å². The molecule has 0 bridgehead atoms. The molecule has 2 atom stereocenters. The first kappa shape index (κ1) is 23.3. The van der Waals surface area contributed by atoms with E-state index in [1.54, 1.807) is 6.92 Å². The lowest BCUT2D eigenvalue weighted by Gasteiger charge is -2.13. The zero-order chi connectivity index (χ0) is 21.1. The van der Waals surface area contributed by atoms with Crippen molar-refractivity contribution >= 4 is 11.5 Å². The fourth-order valence-corrected chi connectivity index (χ4v) is 2.74. The Balaban J connectivity index is 0.000000659. The molecule has 4 nitrogen and oxygen atoms in total. The molecule has 1 unspecified atom stereocenters. The number of ether oxygens (including phenoxy) is 1. The highest BCUT2D eigenvalue weighted by atomic mass is 16.5. The van der Waals surface area contributed by atoms with E-state index in [9.17, 15) is 4.79 Å². The molecule has 4 heteroatoms. The Morgan fingerprint density at radius 2 is 1.68 bits per heavy atom. The van der Waals surface area contributed by atoms with E-state index in [1.165, 1.54) is 5.56 Å². The van der Waals surface area contributed by atoms with Crippen molar-refractivity contribution in [3.63, 3.8) is 0 Å². The first-order chi connectivity index (χ1) is 13.4. The molecule has 0 amide bonds. The molecule has 152 valence electrons. The van der Waals surface area contributed by atoms with Crippen molar-refractivity contribution < 1.29 is 16.2 Å². The predicted molar refractivity (Wildman–Crippen MR) is 117 cm³/mol. The standard InChI is InChI=1S/C18H18O.C6H10O.H3NO.H2/c1-14(2)13-18(17-12-8-7-9-15(17)3)19-16-10-5-4-6-11-16;1-4-3-6(4)5(2)7;1-2;/h4-13H,1H2,2-3H3;4,6H,3H2,1-2H3;2H,1H2;1H/b18-13+;;;/t;4?,6-;;/m.1../s1. The molecule has 0 radical (unpaired) electrons. The first-order valence-corrected chi connectivity index (χ1v) is 9.31. The van der Waals surface area contributed by atoms with Crippen molar-refractivity contribution in [3.8, 4) is 5.75 Å². The number of aryl methyl sites for hydroxylation is 1. The van der Waals surface area contributed by atoms with E-state index in [0.717, 1.165) is 29.1 Å². The molecule has 1 saturated carbocycles. The van der Waals surface area contributed by atoms with Crippen LogP contribution in [0.3, 0.4) is 0 Å². The Labute approximate surface area is 169 Å². The van der Waals surface area contributed by atoms with Gasteiger partial charge in [0, 0.05) is 12.9 Å². The van der Waals surface area contributed by atoms with E-state index >= 15 is 0 Å². The van der Waals surface area contributed by atoms with Crippen molar-refractivity contribution in [2.24, 2.45) is 17.7 Å². The number of Topliss-reactive ketones (excluding diaryl/α,β-unsaturated/α-hetero) is 1. The molecule has 28 heavy (non-hydrogen) atoms. The van der Waals surface area contributed by atoms with E-state index in [1.807, 2.05) is 55.5 Å². The second-order valence-corrected chi connectivity index (χ2v) is 7.02. The number of allylic oxidation sites excluding steroid dienone is 2. The van der Waals surface area contributed by atoms with Crippen LogP contribution in [-0.2, 0) is 4.79 Å². The van der Waals surface area contributed by atoms with Crippen LogP contribution < -0.4 is 10.6 Å². The number of carbonyl (C=O) groups is 1. The van der Waals surface area contributed by atoms with Gasteiger partial charge in [-0.3, -0.25) is 4.79 Å². The smallest absolute Gasteiger partial charge is 0.135 e. The van der Waals surface area contributed by atoms with Gasteiger partial charge in [-0.25, -0.2) is 5.90 Å². The number of para-hydroxylation sites is 1. The van der Waals surface area contributed by atoms with Crippen molar-refractivity contribution in [1.29, 1.82) is 0 Å². The van der Waals surface area contributed by atoms with E-state index in [2.05, 4.69) is 38.5 Å². The largest absolute Gasteiger partial charge is 0.457 e. The van der Waals surface area contributed by atoms with E-state index in [4.69, 9.17) is 9.94 Å². The van der Waals surface area contributed by atoms with Gasteiger partial charge < -0.3 is 9.94 Å². The quantitative estimate of drug-likeness (QED) is 0.389. The molecule has 3 N–H and O–H groups in total. The fraction of sp³-hybridized carbons (Fsp3) is 0.292. The van der Waals surface area contributed by atoms with Crippen LogP contribution in [-0.4, -0.2) is 11.0 Å². The summed E-state index contributed by atoms with van der Waals surface area (Å²) in [5.74, 6) is 6.65. The maximum absolute atomic E-state index is 10.4. The van der Waals surface area contributed by atoms with Crippen LogP contribution in [0.15, 0.2) is 72.8 Å². The van der Waals surface area contributed by atoms with E-state index in [-0.39, 0.29) is 1.43 Å². The molecule has 0 aliphatic heterocycles. The first-order valence-electron chi connectivity index (χ1n) is 9.31. The number of benzene rings is 2. The molecular formula is C24H33NO3. The Morgan fingerprint density at radius 1 is 1.14 bits per heavy atom. The number of nitrogens with two attached hydrogens (primary N) is 1. The lowest BCUT2D eigenvalue weighted by atomic mass is 10.1. The lowest BCUT2D eigenvalue weighted by molar-refractivity contribution is -0.118. The minimum absolute atomic E-state index is 0. The third-order valence-corrected chi connectivity index (χ3v) is 4.39. The monoisotopic (exact) mass is 383 g/mol. The van der Waals surface area contributed by atoms with Gasteiger partial charge in [-0.2, -0.15) is 0 Å². The topological polar surface area (TPSA) is 72.5 Å². The molecule has 0 aromatic heterocycles. The molecule has 2 aromatic rings. The van der Waals surface area contributed by atoms with Crippen LogP contribution in [0.2, 0.25) is 0 Å². The van der Waals surface area contributed by atoms with Crippen LogP contribution in [0.5, 0.6) is 5.75 Å². The van der Waals surface area contributed by atoms with Crippen molar-refractivity contribution in [3.05, 3.63) is 84.0 Å². The van der Waals surface area contributed by atoms with Crippen molar-refractivity contribution in [1.82, 2.24) is 0 Å². The van der Waals surface area contributed by atoms with Gasteiger partial charge in [0.2, 0.25) is 0 Å². The summed E-state index contributed by atoms with van der Waals surface area (Å²) in [5.41, 5.74) is 3.24. The second-order valence-electron chi connectivity index (χ2n) is 7.02. The summed E-state index contributed by atoms with van der Waals surface area (Å²) in [4.78, 5) is 10.4. The van der Waals surface area contributed by atoms with Crippen LogP contribution in [0.1, 0.15) is 39.7 Å². The third-order valence-electron chi connectivity index (χ3n) is 4.39. The normalized spacial score (nSPS) is 17.3. The average Bonchev–Trinajstić information content (AvgIpc) is 3.41. The highest BCUT2D eigenvalue weighted by Crippen LogP contribution is 2.37. The molecule has 1 aliphatic rings. The summed E-state index contributed by atoms with van der Waals surface area (Å²) in [6, 6.07) is 18.0. The Bertz CT molecular complexity index is 803. The maximum Gasteiger partial charge on any atom is 0.135 e. The Morgan fingerprint density at radius 3 is 2.11 bits per heavy atom. The molecule has 0 saturated heterocycles. The summed E-state index contributed by atoms with van der Waals surface area (Å²) in [6.07, 6.45) is 3.10. The molecule has 3 rings (SSSR count). The average molecular weight is 384 g/mol. The Kier molecular flexibility index (Phi) is 9.93. The molecule has 1 fully saturated rings. The zero-order valence-corrected chi connectivity index (χ0v) is 17.2. The SMILES string of the molecule is C=C(C)/C=C(/Oc1ccccc1)c1ccccc1C.CC(=O)[C@@H]1CC1C.NO.[HH]. The molecule has 0 heterocycles. The highest BCUT2D eigenvalue weighted by Gasteiger charge is 2.36. The number of carbonyl (C=O) groups excluding carboxylic acids is 1. The van der Waals surface area contributed by atoms with Gasteiger partial charge in [-0.1, -0.05) is 61.5 Å². The summed E-state index contributed by atoms with van der Waals surface area (Å²) in [7, 11) is 0. The number of ketones is 1. The highest BCUT2D eigenvalue weighted by molar-refractivity contribution is 5.81. The number of rotatable bonds is 5. The maximum atomic E-state index is 10.4. The van der Waals surface area contributed by atoms with Gasteiger partial charge in [0.1, 0.15) is 17.3 Å². The molecular weight excluding hydrogens is 350 g/mol. The van der Waals surface area contributed by atoms with Gasteiger partial charge >= 0.3 is 0 Å². The van der Waals surface area contributed by atoms with Crippen LogP contribution in [0, 0.1) is 18.8 Å². The van der Waals surface area contributed by atoms with Crippen molar-refractivity contribution in [2.45, 2.75) is 34.1 Å². The summed E-state index contributed by atoms with van der Waals surface area (Å²) in [5, 5.41) is 6.50. The molecule has 2 aromatic carbocycles. The van der Waals surface area contributed by atoms with Gasteiger partial charge in [-0.15, -0.1) is 0 Å². The molecule has 0 spiro atoms. The van der Waals surface area contributed by atoms with E-state index in [0.29, 0.717) is 17.6 Å². The number of hydrogen-bond acceptors (Lipinski definition) is 4. The summed E-state index contributed by atoms with van der Waals surface area (Å²) >= 11 is 0.